The van der Waals surface area contributed by atoms with Gasteiger partial charge in [-0.2, -0.15) is 0 Å². The number of pyridine rings is 1. The molecule has 0 spiro atoms. The second kappa shape index (κ2) is 3.89. The molecular formula is C15H18N+. The van der Waals surface area contributed by atoms with Crippen LogP contribution in [0.3, 0.4) is 0 Å². The lowest BCUT2D eigenvalue weighted by Gasteiger charge is -2.10. The van der Waals surface area contributed by atoms with Gasteiger partial charge in [-0.05, 0) is 24.3 Å². The molecule has 1 heterocycles. The lowest BCUT2D eigenvalue weighted by molar-refractivity contribution is -0.679. The molecule has 1 nitrogen and oxygen atoms in total. The van der Waals surface area contributed by atoms with Gasteiger partial charge >= 0.3 is 0 Å². The molecule has 1 saturated carbocycles. The maximum Gasteiger partial charge on any atom is 0.192 e. The SMILES string of the molecule is C[n+]1ccc2ccccc2c1C1CCCC1. The van der Waals surface area contributed by atoms with E-state index in [1.807, 2.05) is 0 Å². The van der Waals surface area contributed by atoms with Crippen LogP contribution in [-0.2, 0) is 7.05 Å². The molecule has 1 heteroatoms. The number of nitrogens with zero attached hydrogens (tertiary/aromatic N) is 1. The summed E-state index contributed by atoms with van der Waals surface area (Å²) in [5, 5.41) is 2.82. The molecule has 0 atom stereocenters. The van der Waals surface area contributed by atoms with E-state index in [4.69, 9.17) is 0 Å². The number of hydrogen-bond donors (Lipinski definition) is 0. The predicted molar refractivity (Wildman–Crippen MR) is 66.3 cm³/mol. The summed E-state index contributed by atoms with van der Waals surface area (Å²) >= 11 is 0. The average molecular weight is 212 g/mol. The quantitative estimate of drug-likeness (QED) is 0.638. The molecule has 1 fully saturated rings. The van der Waals surface area contributed by atoms with Crippen molar-refractivity contribution in [1.82, 2.24) is 0 Å². The molecule has 0 saturated heterocycles. The Kier molecular flexibility index (Phi) is 2.39. The number of benzene rings is 1. The first-order chi connectivity index (χ1) is 7.86. The van der Waals surface area contributed by atoms with E-state index in [-0.39, 0.29) is 0 Å². The summed E-state index contributed by atoms with van der Waals surface area (Å²) in [6.45, 7) is 0. The zero-order valence-electron chi connectivity index (χ0n) is 9.82. The molecule has 0 radical (unpaired) electrons. The van der Waals surface area contributed by atoms with Gasteiger partial charge < -0.3 is 0 Å². The van der Waals surface area contributed by atoms with Crippen LogP contribution < -0.4 is 4.57 Å². The van der Waals surface area contributed by atoms with Gasteiger partial charge in [-0.1, -0.05) is 31.0 Å². The molecule has 82 valence electrons. The molecule has 0 amide bonds. The molecule has 1 aliphatic rings. The Morgan fingerprint density at radius 2 is 1.81 bits per heavy atom. The van der Waals surface area contributed by atoms with Crippen LogP contribution in [0.15, 0.2) is 36.5 Å². The summed E-state index contributed by atoms with van der Waals surface area (Å²) in [5.41, 5.74) is 1.54. The summed E-state index contributed by atoms with van der Waals surface area (Å²) in [4.78, 5) is 0. The van der Waals surface area contributed by atoms with Crippen molar-refractivity contribution >= 4 is 10.8 Å². The lowest BCUT2D eigenvalue weighted by atomic mass is 9.97. The topological polar surface area (TPSA) is 3.88 Å². The second-order valence-corrected chi connectivity index (χ2v) is 4.88. The number of aromatic nitrogens is 1. The highest BCUT2D eigenvalue weighted by Crippen LogP contribution is 2.35. The number of hydrogen-bond acceptors (Lipinski definition) is 0. The van der Waals surface area contributed by atoms with Crippen molar-refractivity contribution in [2.24, 2.45) is 7.05 Å². The van der Waals surface area contributed by atoms with Crippen LogP contribution in [0, 0.1) is 0 Å². The van der Waals surface area contributed by atoms with Gasteiger partial charge in [0.05, 0.1) is 0 Å². The molecule has 1 aromatic carbocycles. The number of aryl methyl sites for hydroxylation is 1. The van der Waals surface area contributed by atoms with Crippen LogP contribution in [0.4, 0.5) is 0 Å². The summed E-state index contributed by atoms with van der Waals surface area (Å²) in [7, 11) is 2.18. The van der Waals surface area contributed by atoms with Crippen LogP contribution >= 0.6 is 0 Å². The Morgan fingerprint density at radius 1 is 1.06 bits per heavy atom. The number of fused-ring (bicyclic) bond motifs is 1. The molecule has 0 unspecified atom stereocenters. The standard InChI is InChI=1S/C15H18N/c1-16-11-10-12-6-4-5-9-14(12)15(16)13-7-2-3-8-13/h4-6,9-11,13H,2-3,7-8H2,1H3/q+1. The fourth-order valence-corrected chi connectivity index (χ4v) is 3.05. The smallest absolute Gasteiger partial charge is 0.192 e. The second-order valence-electron chi connectivity index (χ2n) is 4.88. The summed E-state index contributed by atoms with van der Waals surface area (Å²) < 4.78 is 2.32. The molecule has 0 N–H and O–H groups in total. The van der Waals surface area contributed by atoms with Crippen molar-refractivity contribution in [2.45, 2.75) is 31.6 Å². The first-order valence-corrected chi connectivity index (χ1v) is 6.23. The van der Waals surface area contributed by atoms with Gasteiger partial charge in [-0.15, -0.1) is 0 Å². The van der Waals surface area contributed by atoms with Crippen LogP contribution in [0.5, 0.6) is 0 Å². The van der Waals surface area contributed by atoms with Gasteiger partial charge in [0.1, 0.15) is 7.05 Å². The van der Waals surface area contributed by atoms with Crippen molar-refractivity contribution in [2.75, 3.05) is 0 Å². The third-order valence-corrected chi connectivity index (χ3v) is 3.84. The van der Waals surface area contributed by atoms with E-state index < -0.39 is 0 Å². The minimum atomic E-state index is 0.774. The lowest BCUT2D eigenvalue weighted by Crippen LogP contribution is -2.34. The Bertz CT molecular complexity index is 510. The van der Waals surface area contributed by atoms with Crippen LogP contribution in [0.2, 0.25) is 0 Å². The molecule has 2 aromatic rings. The Labute approximate surface area is 96.7 Å². The van der Waals surface area contributed by atoms with E-state index in [0.29, 0.717) is 0 Å². The molecule has 3 rings (SSSR count). The average Bonchev–Trinajstić information content (AvgIpc) is 2.82. The van der Waals surface area contributed by atoms with Crippen molar-refractivity contribution in [3.05, 3.63) is 42.2 Å². The highest BCUT2D eigenvalue weighted by molar-refractivity contribution is 5.83. The third kappa shape index (κ3) is 1.51. The van der Waals surface area contributed by atoms with Gasteiger partial charge in [0.15, 0.2) is 11.9 Å². The van der Waals surface area contributed by atoms with Crippen molar-refractivity contribution in [3.8, 4) is 0 Å². The zero-order chi connectivity index (χ0) is 11.0. The van der Waals surface area contributed by atoms with Crippen molar-refractivity contribution in [3.63, 3.8) is 0 Å². The van der Waals surface area contributed by atoms with Gasteiger partial charge in [-0.25, -0.2) is 4.57 Å². The molecular weight excluding hydrogens is 194 g/mol. The van der Waals surface area contributed by atoms with Gasteiger partial charge in [-0.3, -0.25) is 0 Å². The molecule has 0 bridgehead atoms. The van der Waals surface area contributed by atoms with Crippen molar-refractivity contribution in [1.29, 1.82) is 0 Å². The largest absolute Gasteiger partial charge is 0.204 e. The van der Waals surface area contributed by atoms with E-state index in [1.54, 1.807) is 0 Å². The van der Waals surface area contributed by atoms with E-state index in [2.05, 4.69) is 48.1 Å². The third-order valence-electron chi connectivity index (χ3n) is 3.84. The Balaban J connectivity index is 2.23. The molecule has 1 aromatic heterocycles. The van der Waals surface area contributed by atoms with Gasteiger partial charge in [0.2, 0.25) is 0 Å². The highest BCUT2D eigenvalue weighted by Gasteiger charge is 2.26. The Hall–Kier alpha value is -1.37. The van der Waals surface area contributed by atoms with Gasteiger partial charge in [0, 0.05) is 17.4 Å². The first-order valence-electron chi connectivity index (χ1n) is 6.23. The maximum atomic E-state index is 2.32. The maximum absolute atomic E-state index is 2.32. The summed E-state index contributed by atoms with van der Waals surface area (Å²) in [6, 6.07) is 11.0. The fraction of sp³-hybridized carbons (Fsp3) is 0.400. The normalized spacial score (nSPS) is 17.1. The van der Waals surface area contributed by atoms with E-state index in [9.17, 15) is 0 Å². The monoisotopic (exact) mass is 212 g/mol. The van der Waals surface area contributed by atoms with Crippen LogP contribution in [-0.4, -0.2) is 0 Å². The minimum absolute atomic E-state index is 0.774. The van der Waals surface area contributed by atoms with E-state index in [1.165, 1.54) is 42.1 Å². The van der Waals surface area contributed by atoms with E-state index >= 15 is 0 Å². The van der Waals surface area contributed by atoms with Crippen molar-refractivity contribution < 1.29 is 4.57 Å². The van der Waals surface area contributed by atoms with Crippen LogP contribution in [0.25, 0.3) is 10.8 Å². The summed E-state index contributed by atoms with van der Waals surface area (Å²) in [6.07, 6.45) is 7.72. The van der Waals surface area contributed by atoms with E-state index in [0.717, 1.165) is 5.92 Å². The summed E-state index contributed by atoms with van der Waals surface area (Å²) in [5.74, 6) is 0.774. The minimum Gasteiger partial charge on any atom is -0.204 e. The fourth-order valence-electron chi connectivity index (χ4n) is 3.05. The number of rotatable bonds is 1. The molecule has 16 heavy (non-hydrogen) atoms. The predicted octanol–water partition coefficient (Wildman–Crippen LogP) is 3.32. The molecule has 1 aliphatic carbocycles. The highest BCUT2D eigenvalue weighted by atomic mass is 14.9. The Morgan fingerprint density at radius 3 is 2.62 bits per heavy atom. The van der Waals surface area contributed by atoms with Crippen LogP contribution in [0.1, 0.15) is 37.3 Å². The molecule has 0 aliphatic heterocycles. The van der Waals surface area contributed by atoms with Gasteiger partial charge in [0.25, 0.3) is 0 Å². The zero-order valence-corrected chi connectivity index (χ0v) is 9.82. The first kappa shape index (κ1) is 9.83.